The number of rotatable bonds is 4. The minimum Gasteiger partial charge on any atom is -0.506 e. The average molecular weight is 374 g/mol. The zero-order chi connectivity index (χ0) is 19.1. The number of amides is 1. The second kappa shape index (κ2) is 6.47. The number of anilines is 1. The van der Waals surface area contributed by atoms with Crippen LogP contribution in [0.15, 0.2) is 51.8 Å². The largest absolute Gasteiger partial charge is 0.506 e. The van der Waals surface area contributed by atoms with Crippen LogP contribution in [0.25, 0.3) is 11.0 Å². The Balaban J connectivity index is 1.98. The predicted molar refractivity (Wildman–Crippen MR) is 97.9 cm³/mol. The number of benzene rings is 2. The van der Waals surface area contributed by atoms with Crippen LogP contribution >= 0.6 is 0 Å². The zero-order valence-corrected chi connectivity index (χ0v) is 15.3. The van der Waals surface area contributed by atoms with Crippen LogP contribution in [0.3, 0.4) is 0 Å². The molecule has 7 nitrogen and oxygen atoms in total. The molecule has 0 unspecified atom stereocenters. The van der Waals surface area contributed by atoms with Crippen LogP contribution in [0.1, 0.15) is 16.1 Å². The van der Waals surface area contributed by atoms with Gasteiger partial charge in [0.25, 0.3) is 5.91 Å². The molecule has 0 fully saturated rings. The fourth-order valence-corrected chi connectivity index (χ4v) is 3.48. The van der Waals surface area contributed by atoms with Crippen molar-refractivity contribution in [2.45, 2.75) is 11.8 Å². The molecule has 1 amide bonds. The van der Waals surface area contributed by atoms with Gasteiger partial charge in [-0.2, -0.15) is 0 Å². The van der Waals surface area contributed by atoms with Crippen molar-refractivity contribution in [2.75, 3.05) is 19.4 Å². The Kier molecular flexibility index (Phi) is 4.47. The second-order valence-corrected chi connectivity index (χ2v) is 8.12. The molecule has 0 aliphatic heterocycles. The highest BCUT2D eigenvalue weighted by atomic mass is 32.2. The third-order valence-electron chi connectivity index (χ3n) is 4.04. The molecule has 0 saturated carbocycles. The highest BCUT2D eigenvalue weighted by Crippen LogP contribution is 2.30. The van der Waals surface area contributed by atoms with Gasteiger partial charge in [0.1, 0.15) is 11.3 Å². The van der Waals surface area contributed by atoms with Crippen molar-refractivity contribution < 1.29 is 22.7 Å². The first-order chi connectivity index (χ1) is 12.2. The highest BCUT2D eigenvalue weighted by Gasteiger charge is 2.22. The van der Waals surface area contributed by atoms with Crippen LogP contribution in [-0.2, 0) is 10.0 Å². The van der Waals surface area contributed by atoms with Gasteiger partial charge in [-0.1, -0.05) is 18.2 Å². The first kappa shape index (κ1) is 18.0. The van der Waals surface area contributed by atoms with Gasteiger partial charge in [-0.05, 0) is 31.2 Å². The average Bonchev–Trinajstić information content (AvgIpc) is 2.94. The summed E-state index contributed by atoms with van der Waals surface area (Å²) in [4.78, 5) is 12.5. The molecule has 0 aliphatic carbocycles. The van der Waals surface area contributed by atoms with Gasteiger partial charge in [0, 0.05) is 25.0 Å². The number of fused-ring (bicyclic) bond motifs is 1. The summed E-state index contributed by atoms with van der Waals surface area (Å²) in [5.74, 6) is -0.718. The molecule has 0 saturated heterocycles. The van der Waals surface area contributed by atoms with Crippen LogP contribution in [-0.4, -0.2) is 37.8 Å². The lowest BCUT2D eigenvalue weighted by Crippen LogP contribution is -2.22. The van der Waals surface area contributed by atoms with Gasteiger partial charge in [-0.3, -0.25) is 4.79 Å². The Labute approximate surface area is 150 Å². The molecule has 3 rings (SSSR count). The number of hydrogen-bond donors (Lipinski definition) is 2. The molecule has 2 aromatic carbocycles. The van der Waals surface area contributed by atoms with Crippen molar-refractivity contribution in [1.29, 1.82) is 0 Å². The fourth-order valence-electron chi connectivity index (χ4n) is 2.56. The number of hydrogen-bond acceptors (Lipinski definition) is 5. The SMILES string of the molecule is Cc1c(C(=O)Nc2cc(S(=O)(=O)N(C)C)ccc2O)oc2ccccc12. The van der Waals surface area contributed by atoms with E-state index in [1.807, 2.05) is 12.1 Å². The first-order valence-corrected chi connectivity index (χ1v) is 9.21. The maximum absolute atomic E-state index is 12.6. The fraction of sp³-hybridized carbons (Fsp3) is 0.167. The number of nitrogens with one attached hydrogen (secondary N) is 1. The molecule has 26 heavy (non-hydrogen) atoms. The van der Waals surface area contributed by atoms with Crippen molar-refractivity contribution in [3.05, 3.63) is 53.8 Å². The molecule has 2 N–H and O–H groups in total. The maximum Gasteiger partial charge on any atom is 0.291 e. The molecule has 8 heteroatoms. The Morgan fingerprint density at radius 2 is 1.85 bits per heavy atom. The predicted octanol–water partition coefficient (Wildman–Crippen LogP) is 2.95. The summed E-state index contributed by atoms with van der Waals surface area (Å²) in [5.41, 5.74) is 1.22. The number of carbonyl (C=O) groups excluding carboxylic acids is 1. The third-order valence-corrected chi connectivity index (χ3v) is 5.86. The van der Waals surface area contributed by atoms with E-state index in [1.54, 1.807) is 19.1 Å². The maximum atomic E-state index is 12.6. The Morgan fingerprint density at radius 1 is 1.15 bits per heavy atom. The van der Waals surface area contributed by atoms with Gasteiger partial charge in [0.2, 0.25) is 10.0 Å². The van der Waals surface area contributed by atoms with E-state index >= 15 is 0 Å². The van der Waals surface area contributed by atoms with E-state index in [1.165, 1.54) is 32.3 Å². The van der Waals surface area contributed by atoms with Crippen molar-refractivity contribution in [1.82, 2.24) is 4.31 Å². The van der Waals surface area contributed by atoms with Gasteiger partial charge in [0.15, 0.2) is 5.76 Å². The molecule has 0 spiro atoms. The van der Waals surface area contributed by atoms with Crippen molar-refractivity contribution in [3.63, 3.8) is 0 Å². The summed E-state index contributed by atoms with van der Waals surface area (Å²) in [6.07, 6.45) is 0. The number of furan rings is 1. The molecule has 0 aliphatic rings. The third kappa shape index (κ3) is 3.04. The summed E-state index contributed by atoms with van der Waals surface area (Å²) in [7, 11) is -0.896. The van der Waals surface area contributed by atoms with E-state index < -0.39 is 15.9 Å². The number of sulfonamides is 1. The van der Waals surface area contributed by atoms with Crippen LogP contribution < -0.4 is 5.32 Å². The highest BCUT2D eigenvalue weighted by molar-refractivity contribution is 7.89. The summed E-state index contributed by atoms with van der Waals surface area (Å²) in [6.45, 7) is 1.76. The molecule has 136 valence electrons. The molecule has 1 heterocycles. The smallest absolute Gasteiger partial charge is 0.291 e. The Morgan fingerprint density at radius 3 is 2.50 bits per heavy atom. The van der Waals surface area contributed by atoms with E-state index in [0.29, 0.717) is 11.1 Å². The molecular formula is C18H18N2O5S. The normalized spacial score (nSPS) is 11.8. The molecule has 0 radical (unpaired) electrons. The van der Waals surface area contributed by atoms with Gasteiger partial charge in [-0.15, -0.1) is 0 Å². The van der Waals surface area contributed by atoms with Gasteiger partial charge < -0.3 is 14.8 Å². The molecule has 1 aromatic heterocycles. The zero-order valence-electron chi connectivity index (χ0n) is 14.5. The molecule has 0 atom stereocenters. The quantitative estimate of drug-likeness (QED) is 0.684. The van der Waals surface area contributed by atoms with E-state index in [2.05, 4.69) is 5.32 Å². The first-order valence-electron chi connectivity index (χ1n) is 7.77. The van der Waals surface area contributed by atoms with Crippen LogP contribution in [0.5, 0.6) is 5.75 Å². The summed E-state index contributed by atoms with van der Waals surface area (Å²) in [5, 5.41) is 13.3. The standard InChI is InChI=1S/C18H18N2O5S/c1-11-13-6-4-5-7-16(13)25-17(11)18(22)19-14-10-12(8-9-15(14)21)26(23,24)20(2)3/h4-10,21H,1-3H3,(H,19,22). The Hall–Kier alpha value is -2.84. The van der Waals surface area contributed by atoms with E-state index in [0.717, 1.165) is 9.69 Å². The summed E-state index contributed by atoms with van der Waals surface area (Å²) in [6, 6.07) is 10.9. The molecule has 0 bridgehead atoms. The summed E-state index contributed by atoms with van der Waals surface area (Å²) >= 11 is 0. The summed E-state index contributed by atoms with van der Waals surface area (Å²) < 4.78 is 31.1. The monoisotopic (exact) mass is 374 g/mol. The lowest BCUT2D eigenvalue weighted by Gasteiger charge is -2.13. The van der Waals surface area contributed by atoms with Gasteiger partial charge >= 0.3 is 0 Å². The minimum atomic E-state index is -3.70. The molecular weight excluding hydrogens is 356 g/mol. The Bertz CT molecular complexity index is 1100. The van der Waals surface area contributed by atoms with E-state index in [-0.39, 0.29) is 22.1 Å². The van der Waals surface area contributed by atoms with E-state index in [9.17, 15) is 18.3 Å². The molecule has 3 aromatic rings. The number of para-hydroxylation sites is 1. The number of aromatic hydroxyl groups is 1. The van der Waals surface area contributed by atoms with Crippen molar-refractivity contribution >= 4 is 32.6 Å². The number of phenols is 1. The van der Waals surface area contributed by atoms with E-state index in [4.69, 9.17) is 4.42 Å². The number of aryl methyl sites for hydroxylation is 1. The lowest BCUT2D eigenvalue weighted by atomic mass is 10.1. The van der Waals surface area contributed by atoms with Gasteiger partial charge in [-0.25, -0.2) is 12.7 Å². The topological polar surface area (TPSA) is 99.9 Å². The van der Waals surface area contributed by atoms with Gasteiger partial charge in [0.05, 0.1) is 10.6 Å². The van der Waals surface area contributed by atoms with Crippen molar-refractivity contribution in [3.8, 4) is 5.75 Å². The number of phenolic OH excluding ortho intramolecular Hbond substituents is 1. The second-order valence-electron chi connectivity index (χ2n) is 5.97. The number of carbonyl (C=O) groups is 1. The number of nitrogens with zero attached hydrogens (tertiary/aromatic N) is 1. The van der Waals surface area contributed by atoms with Crippen LogP contribution in [0.2, 0.25) is 0 Å². The lowest BCUT2D eigenvalue weighted by molar-refractivity contribution is 0.0997. The van der Waals surface area contributed by atoms with Crippen LogP contribution in [0, 0.1) is 6.92 Å². The van der Waals surface area contributed by atoms with Crippen molar-refractivity contribution in [2.24, 2.45) is 0 Å². The van der Waals surface area contributed by atoms with Crippen LogP contribution in [0.4, 0.5) is 5.69 Å². The minimum absolute atomic E-state index is 0.0159.